The van der Waals surface area contributed by atoms with Crippen LogP contribution < -0.4 is 27.5 Å². The van der Waals surface area contributed by atoms with Crippen LogP contribution in [0.15, 0.2) is 12.1 Å². The number of hydrazine groups is 1. The Morgan fingerprint density at radius 3 is 2.50 bits per heavy atom. The summed E-state index contributed by atoms with van der Waals surface area (Å²) in [5, 5.41) is 0. The van der Waals surface area contributed by atoms with Crippen LogP contribution in [0.25, 0.3) is 0 Å². The predicted octanol–water partition coefficient (Wildman–Crippen LogP) is -0.537. The fourth-order valence-corrected chi connectivity index (χ4v) is 1.07. The summed E-state index contributed by atoms with van der Waals surface area (Å²) < 4.78 is 4.93. The average Bonchev–Trinajstić information content (AvgIpc) is 2.21. The van der Waals surface area contributed by atoms with E-state index in [9.17, 15) is 4.79 Å². The Hall–Kier alpha value is -1.95. The summed E-state index contributed by atoms with van der Waals surface area (Å²) in [6, 6.07) is 3.04. The molecule has 0 fully saturated rings. The molecule has 0 spiro atoms. The van der Waals surface area contributed by atoms with E-state index in [1.165, 1.54) is 13.2 Å². The number of rotatable bonds is 2. The smallest absolute Gasteiger partial charge is 0.267 e. The van der Waals surface area contributed by atoms with Gasteiger partial charge in [-0.15, -0.1) is 0 Å². The van der Waals surface area contributed by atoms with Crippen molar-refractivity contribution in [2.24, 2.45) is 5.84 Å². The van der Waals surface area contributed by atoms with Crippen molar-refractivity contribution >= 4 is 17.3 Å². The van der Waals surface area contributed by atoms with Gasteiger partial charge in [0.1, 0.15) is 5.75 Å². The van der Waals surface area contributed by atoms with Crippen molar-refractivity contribution in [2.75, 3.05) is 18.6 Å². The molecular weight excluding hydrogens is 184 g/mol. The lowest BCUT2D eigenvalue weighted by atomic mass is 10.1. The Morgan fingerprint density at radius 2 is 2.00 bits per heavy atom. The molecule has 0 saturated carbocycles. The fourth-order valence-electron chi connectivity index (χ4n) is 1.07. The molecule has 1 aromatic carbocycles. The Labute approximate surface area is 81.0 Å². The van der Waals surface area contributed by atoms with Crippen molar-refractivity contribution in [2.45, 2.75) is 0 Å². The molecule has 0 bridgehead atoms. The molecule has 7 N–H and O–H groups in total. The Morgan fingerprint density at radius 1 is 1.36 bits per heavy atom. The van der Waals surface area contributed by atoms with Crippen molar-refractivity contribution in [1.29, 1.82) is 0 Å². The molecule has 76 valence electrons. The lowest BCUT2D eigenvalue weighted by Crippen LogP contribution is -2.30. The summed E-state index contributed by atoms with van der Waals surface area (Å²) in [5.74, 6) is 4.90. The van der Waals surface area contributed by atoms with Gasteiger partial charge in [-0.2, -0.15) is 0 Å². The highest BCUT2D eigenvalue weighted by Crippen LogP contribution is 2.29. The lowest BCUT2D eigenvalue weighted by molar-refractivity contribution is 0.0954. The molecule has 6 nitrogen and oxygen atoms in total. The topological polar surface area (TPSA) is 116 Å². The summed E-state index contributed by atoms with van der Waals surface area (Å²) in [4.78, 5) is 11.2. The molecule has 0 unspecified atom stereocenters. The lowest BCUT2D eigenvalue weighted by Gasteiger charge is -2.10. The van der Waals surface area contributed by atoms with Gasteiger partial charge in [-0.25, -0.2) is 5.84 Å². The van der Waals surface area contributed by atoms with E-state index in [1.807, 2.05) is 5.43 Å². The van der Waals surface area contributed by atoms with Crippen LogP contribution >= 0.6 is 0 Å². The normalized spacial score (nSPS) is 9.57. The first-order valence-electron chi connectivity index (χ1n) is 3.84. The minimum Gasteiger partial charge on any atom is -0.495 e. The highest BCUT2D eigenvalue weighted by Gasteiger charge is 2.13. The van der Waals surface area contributed by atoms with E-state index in [0.29, 0.717) is 5.75 Å². The summed E-state index contributed by atoms with van der Waals surface area (Å²) >= 11 is 0. The second kappa shape index (κ2) is 3.84. The van der Waals surface area contributed by atoms with Crippen molar-refractivity contribution < 1.29 is 9.53 Å². The zero-order chi connectivity index (χ0) is 10.7. The fraction of sp³-hybridized carbons (Fsp3) is 0.125. The second-order valence-corrected chi connectivity index (χ2v) is 2.62. The number of carbonyl (C=O) groups excluding carboxylic acids is 1. The summed E-state index contributed by atoms with van der Waals surface area (Å²) in [6.07, 6.45) is 0. The van der Waals surface area contributed by atoms with Gasteiger partial charge in [0, 0.05) is 0 Å². The quantitative estimate of drug-likeness (QED) is 0.219. The first-order chi connectivity index (χ1) is 6.61. The van der Waals surface area contributed by atoms with Crippen LogP contribution in [0.5, 0.6) is 5.75 Å². The molecule has 6 heteroatoms. The number of nitrogens with two attached hydrogens (primary N) is 3. The molecule has 0 aliphatic rings. The molecule has 1 amide bonds. The number of carbonyl (C=O) groups is 1. The maximum atomic E-state index is 11.2. The third-order valence-electron chi connectivity index (χ3n) is 1.84. The van der Waals surface area contributed by atoms with E-state index in [0.717, 1.165) is 0 Å². The largest absolute Gasteiger partial charge is 0.495 e. The number of nitrogens with one attached hydrogen (secondary N) is 1. The third-order valence-corrected chi connectivity index (χ3v) is 1.84. The van der Waals surface area contributed by atoms with Crippen LogP contribution in [0, 0.1) is 0 Å². The Kier molecular flexibility index (Phi) is 2.78. The van der Waals surface area contributed by atoms with Gasteiger partial charge in [0.2, 0.25) is 0 Å². The van der Waals surface area contributed by atoms with Crippen molar-refractivity contribution in [1.82, 2.24) is 5.43 Å². The minimum atomic E-state index is -0.489. The first-order valence-corrected chi connectivity index (χ1v) is 3.84. The van der Waals surface area contributed by atoms with Crippen LogP contribution in [0.2, 0.25) is 0 Å². The van der Waals surface area contributed by atoms with Gasteiger partial charge in [-0.05, 0) is 12.1 Å². The number of ether oxygens (including phenoxy) is 1. The van der Waals surface area contributed by atoms with Crippen LogP contribution in [0.3, 0.4) is 0 Å². The average molecular weight is 196 g/mol. The number of nitrogen functional groups attached to an aromatic ring is 3. The molecule has 0 saturated heterocycles. The van der Waals surface area contributed by atoms with E-state index in [1.54, 1.807) is 6.07 Å². The maximum Gasteiger partial charge on any atom is 0.267 e. The molecule has 1 rings (SSSR count). The number of benzene rings is 1. The highest BCUT2D eigenvalue weighted by atomic mass is 16.5. The zero-order valence-electron chi connectivity index (χ0n) is 7.70. The number of hydrogen-bond donors (Lipinski definition) is 4. The van der Waals surface area contributed by atoms with Crippen molar-refractivity contribution in [3.8, 4) is 5.75 Å². The number of methoxy groups -OCH3 is 1. The summed E-state index contributed by atoms with van der Waals surface area (Å²) in [6.45, 7) is 0. The van der Waals surface area contributed by atoms with E-state index >= 15 is 0 Å². The molecule has 0 radical (unpaired) electrons. The highest BCUT2D eigenvalue weighted by molar-refractivity contribution is 6.02. The SMILES string of the molecule is COc1ccc(C(=O)NN)c(N)c1N. The third kappa shape index (κ3) is 1.55. The molecular formula is C8H12N4O2. The molecule has 0 heterocycles. The Balaban J connectivity index is 3.24. The molecule has 1 aromatic rings. The summed E-state index contributed by atoms with van der Waals surface area (Å²) in [7, 11) is 1.47. The molecule has 14 heavy (non-hydrogen) atoms. The molecule has 0 aromatic heterocycles. The van der Waals surface area contributed by atoms with Gasteiger partial charge >= 0.3 is 0 Å². The van der Waals surface area contributed by atoms with E-state index in [4.69, 9.17) is 22.0 Å². The van der Waals surface area contributed by atoms with Crippen LogP contribution in [0.1, 0.15) is 10.4 Å². The van der Waals surface area contributed by atoms with Gasteiger partial charge in [-0.1, -0.05) is 0 Å². The molecule has 0 aliphatic heterocycles. The van der Waals surface area contributed by atoms with Crippen LogP contribution in [-0.4, -0.2) is 13.0 Å². The summed E-state index contributed by atoms with van der Waals surface area (Å²) in [5.41, 5.74) is 13.8. The number of hydrogen-bond acceptors (Lipinski definition) is 5. The maximum absolute atomic E-state index is 11.2. The standard InChI is InChI=1S/C8H12N4O2/c1-14-5-3-2-4(8(13)12-11)6(9)7(5)10/h2-3H,9-11H2,1H3,(H,12,13). The van der Waals surface area contributed by atoms with Crippen LogP contribution in [-0.2, 0) is 0 Å². The Bertz CT molecular complexity index is 365. The second-order valence-electron chi connectivity index (χ2n) is 2.62. The molecule has 0 atom stereocenters. The number of anilines is 2. The van der Waals surface area contributed by atoms with Gasteiger partial charge in [0.05, 0.1) is 24.0 Å². The van der Waals surface area contributed by atoms with Crippen molar-refractivity contribution in [3.63, 3.8) is 0 Å². The minimum absolute atomic E-state index is 0.160. The van der Waals surface area contributed by atoms with E-state index in [2.05, 4.69) is 0 Å². The van der Waals surface area contributed by atoms with Gasteiger partial charge in [-0.3, -0.25) is 10.2 Å². The van der Waals surface area contributed by atoms with Crippen molar-refractivity contribution in [3.05, 3.63) is 17.7 Å². The monoisotopic (exact) mass is 196 g/mol. The van der Waals surface area contributed by atoms with Gasteiger partial charge in [0.15, 0.2) is 0 Å². The molecule has 0 aliphatic carbocycles. The van der Waals surface area contributed by atoms with E-state index < -0.39 is 5.91 Å². The predicted molar refractivity (Wildman–Crippen MR) is 53.5 cm³/mol. The van der Waals surface area contributed by atoms with E-state index in [-0.39, 0.29) is 16.9 Å². The number of amides is 1. The zero-order valence-corrected chi connectivity index (χ0v) is 7.70. The van der Waals surface area contributed by atoms with Crippen LogP contribution in [0.4, 0.5) is 11.4 Å². The van der Waals surface area contributed by atoms with Gasteiger partial charge in [0.25, 0.3) is 5.91 Å². The van der Waals surface area contributed by atoms with Gasteiger partial charge < -0.3 is 16.2 Å². The first kappa shape index (κ1) is 10.1.